The molecule has 0 aromatic carbocycles. The van der Waals surface area contributed by atoms with Gasteiger partial charge in [0.25, 0.3) is 5.22 Å². The molecule has 29 heavy (non-hydrogen) atoms. The Morgan fingerprint density at radius 2 is 2.21 bits per heavy atom. The number of nitrogens with one attached hydrogen (secondary N) is 1. The van der Waals surface area contributed by atoms with Crippen molar-refractivity contribution in [3.05, 3.63) is 46.9 Å². The molecule has 0 aliphatic heterocycles. The Balaban J connectivity index is 1.65. The summed E-state index contributed by atoms with van der Waals surface area (Å²) in [5, 5.41) is 20.8. The van der Waals surface area contributed by atoms with Gasteiger partial charge in [-0.05, 0) is 37.8 Å². The molecule has 10 heteroatoms. The Hall–Kier alpha value is -2.64. The van der Waals surface area contributed by atoms with Crippen molar-refractivity contribution in [2.45, 2.75) is 37.8 Å². The van der Waals surface area contributed by atoms with Gasteiger partial charge in [-0.15, -0.1) is 10.2 Å². The summed E-state index contributed by atoms with van der Waals surface area (Å²) in [7, 11) is 0. The zero-order valence-corrected chi connectivity index (χ0v) is 18.0. The van der Waals surface area contributed by atoms with Crippen LogP contribution in [0.15, 0.2) is 32.5 Å². The topological polar surface area (TPSA) is 110 Å². The minimum absolute atomic E-state index is 0.184. The highest BCUT2D eigenvalue weighted by molar-refractivity contribution is 7.99. The lowest BCUT2D eigenvalue weighted by atomic mass is 10.2. The van der Waals surface area contributed by atoms with E-state index >= 15 is 0 Å². The van der Waals surface area contributed by atoms with E-state index in [1.54, 1.807) is 18.0 Å². The third-order valence-electron chi connectivity index (χ3n) is 4.36. The number of hydrogen-bond acceptors (Lipinski definition) is 8. The lowest BCUT2D eigenvalue weighted by molar-refractivity contribution is -0.115. The molecule has 0 atom stereocenters. The van der Waals surface area contributed by atoms with Gasteiger partial charge in [-0.1, -0.05) is 11.8 Å². The van der Waals surface area contributed by atoms with Gasteiger partial charge in [-0.2, -0.15) is 17.0 Å². The van der Waals surface area contributed by atoms with Gasteiger partial charge in [0.1, 0.15) is 17.6 Å². The van der Waals surface area contributed by atoms with Crippen LogP contribution in [0.1, 0.15) is 34.9 Å². The highest BCUT2D eigenvalue weighted by Crippen LogP contribution is 2.28. The summed E-state index contributed by atoms with van der Waals surface area (Å²) >= 11 is 2.94. The van der Waals surface area contributed by atoms with Crippen LogP contribution in [-0.2, 0) is 17.1 Å². The monoisotopic (exact) mass is 431 g/mol. The van der Waals surface area contributed by atoms with Crippen LogP contribution in [-0.4, -0.2) is 32.7 Å². The van der Waals surface area contributed by atoms with E-state index < -0.39 is 0 Å². The first-order valence-corrected chi connectivity index (χ1v) is 11.3. The second-order valence-corrected chi connectivity index (χ2v) is 8.16. The summed E-state index contributed by atoms with van der Waals surface area (Å²) in [5.41, 5.74) is 2.22. The maximum Gasteiger partial charge on any atom is 0.276 e. The first kappa shape index (κ1) is 21.1. The van der Waals surface area contributed by atoms with E-state index in [4.69, 9.17) is 8.83 Å². The van der Waals surface area contributed by atoms with Crippen molar-refractivity contribution in [3.8, 4) is 6.07 Å². The minimum atomic E-state index is -0.184. The van der Waals surface area contributed by atoms with Crippen molar-refractivity contribution >= 4 is 35.2 Å². The van der Waals surface area contributed by atoms with E-state index in [2.05, 4.69) is 21.6 Å². The summed E-state index contributed by atoms with van der Waals surface area (Å²) < 4.78 is 12.8. The molecule has 0 unspecified atom stereocenters. The standard InChI is InChI=1S/C19H21N5O3S2/c1-12-13(2)24(10-14-5-4-7-26-14)18(15(12)9-20)21-16(25)6-8-29-19-23-22-17(27-19)11-28-3/h4-5,7H,6,8,10-11H2,1-3H3,(H,21,25). The Labute approximate surface area is 177 Å². The largest absolute Gasteiger partial charge is 0.467 e. The lowest BCUT2D eigenvalue weighted by Gasteiger charge is -2.11. The van der Waals surface area contributed by atoms with E-state index in [1.807, 2.05) is 36.8 Å². The number of carbonyl (C=O) groups excluding carboxylic acids is 1. The molecule has 0 saturated carbocycles. The summed E-state index contributed by atoms with van der Waals surface area (Å²) in [6, 6.07) is 5.87. The average molecular weight is 432 g/mol. The van der Waals surface area contributed by atoms with Crippen LogP contribution in [0.5, 0.6) is 0 Å². The smallest absolute Gasteiger partial charge is 0.276 e. The lowest BCUT2D eigenvalue weighted by Crippen LogP contribution is -2.17. The van der Waals surface area contributed by atoms with Crippen LogP contribution >= 0.6 is 23.5 Å². The summed E-state index contributed by atoms with van der Waals surface area (Å²) in [6.45, 7) is 4.23. The molecule has 0 saturated heterocycles. The second-order valence-electron chi connectivity index (χ2n) is 6.25. The van der Waals surface area contributed by atoms with Gasteiger partial charge in [-0.3, -0.25) is 4.79 Å². The van der Waals surface area contributed by atoms with Gasteiger partial charge in [0.2, 0.25) is 11.8 Å². The number of nitriles is 1. The number of rotatable bonds is 9. The highest BCUT2D eigenvalue weighted by Gasteiger charge is 2.20. The Morgan fingerprint density at radius 3 is 2.90 bits per heavy atom. The summed E-state index contributed by atoms with van der Waals surface area (Å²) in [6.07, 6.45) is 3.81. The molecular weight excluding hydrogens is 410 g/mol. The molecule has 0 aliphatic rings. The molecule has 3 heterocycles. The molecule has 8 nitrogen and oxygen atoms in total. The maximum atomic E-state index is 12.5. The molecule has 152 valence electrons. The van der Waals surface area contributed by atoms with Crippen LogP contribution in [0.2, 0.25) is 0 Å². The fourth-order valence-corrected chi connectivity index (χ4v) is 3.87. The van der Waals surface area contributed by atoms with Crippen molar-refractivity contribution in [1.29, 1.82) is 5.26 Å². The number of furan rings is 1. The van der Waals surface area contributed by atoms with Gasteiger partial charge in [0.15, 0.2) is 0 Å². The molecule has 0 aliphatic carbocycles. The maximum absolute atomic E-state index is 12.5. The van der Waals surface area contributed by atoms with Crippen LogP contribution in [0.25, 0.3) is 0 Å². The van der Waals surface area contributed by atoms with Crippen LogP contribution in [0, 0.1) is 25.2 Å². The predicted octanol–water partition coefficient (Wildman–Crippen LogP) is 3.98. The number of nitrogens with zero attached hydrogens (tertiary/aromatic N) is 4. The number of aromatic nitrogens is 3. The minimum Gasteiger partial charge on any atom is -0.467 e. The van der Waals surface area contributed by atoms with E-state index in [9.17, 15) is 10.1 Å². The van der Waals surface area contributed by atoms with Crippen molar-refractivity contribution in [1.82, 2.24) is 14.8 Å². The first-order chi connectivity index (χ1) is 14.0. The van der Waals surface area contributed by atoms with E-state index in [0.717, 1.165) is 17.0 Å². The number of hydrogen-bond donors (Lipinski definition) is 1. The zero-order chi connectivity index (χ0) is 20.8. The van der Waals surface area contributed by atoms with Crippen LogP contribution in [0.4, 0.5) is 5.82 Å². The van der Waals surface area contributed by atoms with Crippen molar-refractivity contribution < 1.29 is 13.6 Å². The molecule has 1 amide bonds. The number of carbonyl (C=O) groups is 1. The molecule has 3 rings (SSSR count). The Morgan fingerprint density at radius 1 is 1.38 bits per heavy atom. The van der Waals surface area contributed by atoms with Crippen LogP contribution < -0.4 is 5.32 Å². The quantitative estimate of drug-likeness (QED) is 0.507. The van der Waals surface area contributed by atoms with Gasteiger partial charge < -0.3 is 18.7 Å². The summed E-state index contributed by atoms with van der Waals surface area (Å²) in [5.74, 6) is 2.79. The molecule has 0 radical (unpaired) electrons. The third kappa shape index (κ3) is 5.05. The number of amides is 1. The molecule has 0 spiro atoms. The normalized spacial score (nSPS) is 10.8. The molecule has 0 fully saturated rings. The van der Waals surface area contributed by atoms with Gasteiger partial charge >= 0.3 is 0 Å². The highest BCUT2D eigenvalue weighted by atomic mass is 32.2. The van der Waals surface area contributed by atoms with E-state index in [0.29, 0.717) is 40.5 Å². The van der Waals surface area contributed by atoms with Crippen LogP contribution in [0.3, 0.4) is 0 Å². The molecule has 3 aromatic rings. The molecule has 0 bridgehead atoms. The van der Waals surface area contributed by atoms with Crippen molar-refractivity contribution in [2.75, 3.05) is 17.3 Å². The van der Waals surface area contributed by atoms with Gasteiger partial charge in [0.05, 0.1) is 24.1 Å². The molecule has 1 N–H and O–H groups in total. The van der Waals surface area contributed by atoms with Gasteiger partial charge in [-0.25, -0.2) is 0 Å². The fraction of sp³-hybridized carbons (Fsp3) is 0.368. The Bertz CT molecular complexity index is 1020. The first-order valence-electron chi connectivity index (χ1n) is 8.89. The average Bonchev–Trinajstić information content (AvgIpc) is 3.41. The van der Waals surface area contributed by atoms with E-state index in [-0.39, 0.29) is 12.3 Å². The third-order valence-corrected chi connectivity index (χ3v) is 5.72. The predicted molar refractivity (Wildman–Crippen MR) is 112 cm³/mol. The Kier molecular flexibility index (Phi) is 7.06. The molecular formula is C19H21N5O3S2. The SMILES string of the molecule is CSCc1nnc(SCCC(=O)Nc2c(C#N)c(C)c(C)n2Cc2ccco2)o1. The number of thioether (sulfide) groups is 2. The van der Waals surface area contributed by atoms with E-state index in [1.165, 1.54) is 11.8 Å². The zero-order valence-electron chi connectivity index (χ0n) is 16.4. The second kappa shape index (κ2) is 9.71. The van der Waals surface area contributed by atoms with Crippen molar-refractivity contribution in [2.24, 2.45) is 0 Å². The number of anilines is 1. The van der Waals surface area contributed by atoms with Gasteiger partial charge in [0, 0.05) is 17.9 Å². The fourth-order valence-electron chi connectivity index (χ4n) is 2.79. The molecule has 3 aromatic heterocycles. The summed E-state index contributed by atoms with van der Waals surface area (Å²) in [4.78, 5) is 12.5. The van der Waals surface area contributed by atoms with Crippen molar-refractivity contribution in [3.63, 3.8) is 0 Å².